The van der Waals surface area contributed by atoms with E-state index in [1.54, 1.807) is 6.20 Å². The Labute approximate surface area is 77.0 Å². The van der Waals surface area contributed by atoms with Crippen molar-refractivity contribution < 1.29 is 4.79 Å². The van der Waals surface area contributed by atoms with E-state index >= 15 is 0 Å². The van der Waals surface area contributed by atoms with E-state index in [2.05, 4.69) is 4.98 Å². The van der Waals surface area contributed by atoms with Gasteiger partial charge < -0.3 is 16.3 Å². The first-order valence-electron chi connectivity index (χ1n) is 4.11. The molecule has 4 N–H and O–H groups in total. The van der Waals surface area contributed by atoms with Crippen LogP contribution < -0.4 is 11.5 Å². The van der Waals surface area contributed by atoms with Gasteiger partial charge in [-0.05, 0) is 17.7 Å². The molecule has 1 aromatic heterocycles. The molecule has 0 aliphatic heterocycles. The predicted molar refractivity (Wildman–Crippen MR) is 49.9 cm³/mol. The molecule has 4 nitrogen and oxygen atoms in total. The molecule has 0 saturated heterocycles. The van der Waals surface area contributed by atoms with Crippen molar-refractivity contribution in [1.82, 2.24) is 4.98 Å². The van der Waals surface area contributed by atoms with E-state index in [1.807, 2.05) is 12.1 Å². The third-order valence-corrected chi connectivity index (χ3v) is 1.74. The van der Waals surface area contributed by atoms with Crippen molar-refractivity contribution >= 4 is 6.29 Å². The average molecular weight is 179 g/mol. The molecular weight excluding hydrogens is 166 g/mol. The number of pyridine rings is 1. The number of nitrogens with two attached hydrogens (primary N) is 2. The number of hydrogen-bond acceptors (Lipinski definition) is 4. The SMILES string of the molecule is NCc1ccnc(CC(N)C=O)c1. The van der Waals surface area contributed by atoms with Gasteiger partial charge in [0.05, 0.1) is 6.04 Å². The second-order valence-electron chi connectivity index (χ2n) is 2.86. The van der Waals surface area contributed by atoms with Gasteiger partial charge in [-0.2, -0.15) is 0 Å². The van der Waals surface area contributed by atoms with E-state index in [9.17, 15) is 4.79 Å². The number of aromatic nitrogens is 1. The molecule has 0 aliphatic carbocycles. The summed E-state index contributed by atoms with van der Waals surface area (Å²) in [6, 6.07) is 3.24. The quantitative estimate of drug-likeness (QED) is 0.617. The highest BCUT2D eigenvalue weighted by atomic mass is 16.1. The first kappa shape index (κ1) is 9.83. The van der Waals surface area contributed by atoms with Crippen LogP contribution in [0.3, 0.4) is 0 Å². The van der Waals surface area contributed by atoms with Gasteiger partial charge in [-0.25, -0.2) is 0 Å². The lowest BCUT2D eigenvalue weighted by Gasteiger charge is -2.04. The molecule has 1 heterocycles. The Kier molecular flexibility index (Phi) is 3.54. The van der Waals surface area contributed by atoms with Gasteiger partial charge in [-0.3, -0.25) is 4.98 Å². The summed E-state index contributed by atoms with van der Waals surface area (Å²) in [5.41, 5.74) is 12.7. The molecule has 1 unspecified atom stereocenters. The summed E-state index contributed by atoms with van der Waals surface area (Å²) in [6.07, 6.45) is 2.86. The summed E-state index contributed by atoms with van der Waals surface area (Å²) in [7, 11) is 0. The largest absolute Gasteiger partial charge is 0.326 e. The number of rotatable bonds is 4. The maximum Gasteiger partial charge on any atom is 0.137 e. The maximum atomic E-state index is 10.3. The van der Waals surface area contributed by atoms with Crippen molar-refractivity contribution in [3.63, 3.8) is 0 Å². The minimum Gasteiger partial charge on any atom is -0.326 e. The topological polar surface area (TPSA) is 82.0 Å². The second kappa shape index (κ2) is 4.69. The Morgan fingerprint density at radius 2 is 2.38 bits per heavy atom. The second-order valence-corrected chi connectivity index (χ2v) is 2.86. The predicted octanol–water partition coefficient (Wildman–Crippen LogP) is -0.391. The maximum absolute atomic E-state index is 10.3. The minimum atomic E-state index is -0.472. The van der Waals surface area contributed by atoms with Gasteiger partial charge in [0, 0.05) is 24.9 Å². The van der Waals surface area contributed by atoms with Crippen molar-refractivity contribution in [3.05, 3.63) is 29.6 Å². The third kappa shape index (κ3) is 2.93. The van der Waals surface area contributed by atoms with Gasteiger partial charge in [0.15, 0.2) is 0 Å². The Balaban J connectivity index is 2.71. The lowest BCUT2D eigenvalue weighted by Crippen LogP contribution is -2.24. The van der Waals surface area contributed by atoms with Crippen molar-refractivity contribution in [2.45, 2.75) is 19.0 Å². The Morgan fingerprint density at radius 1 is 1.62 bits per heavy atom. The molecule has 0 spiro atoms. The summed E-state index contributed by atoms with van der Waals surface area (Å²) in [5.74, 6) is 0. The number of nitrogens with zero attached hydrogens (tertiary/aromatic N) is 1. The molecule has 13 heavy (non-hydrogen) atoms. The smallest absolute Gasteiger partial charge is 0.137 e. The van der Waals surface area contributed by atoms with Gasteiger partial charge in [0.1, 0.15) is 6.29 Å². The van der Waals surface area contributed by atoms with Crippen LogP contribution >= 0.6 is 0 Å². The molecule has 0 radical (unpaired) electrons. The summed E-state index contributed by atoms with van der Waals surface area (Å²) < 4.78 is 0. The van der Waals surface area contributed by atoms with Gasteiger partial charge in [-0.15, -0.1) is 0 Å². The lowest BCUT2D eigenvalue weighted by molar-refractivity contribution is -0.108. The molecule has 0 amide bonds. The highest BCUT2D eigenvalue weighted by Gasteiger charge is 2.03. The molecule has 0 aromatic carbocycles. The molecular formula is C9H13N3O. The Bertz CT molecular complexity index is 288. The summed E-state index contributed by atoms with van der Waals surface area (Å²) in [4.78, 5) is 14.4. The fourth-order valence-corrected chi connectivity index (χ4v) is 1.06. The van der Waals surface area contributed by atoms with E-state index < -0.39 is 6.04 Å². The van der Waals surface area contributed by atoms with Crippen molar-refractivity contribution in [1.29, 1.82) is 0 Å². The van der Waals surface area contributed by atoms with E-state index in [0.29, 0.717) is 13.0 Å². The summed E-state index contributed by atoms with van der Waals surface area (Å²) in [6.45, 7) is 0.478. The van der Waals surface area contributed by atoms with Crippen LogP contribution in [0.5, 0.6) is 0 Å². The fraction of sp³-hybridized carbons (Fsp3) is 0.333. The molecule has 0 fully saturated rings. The van der Waals surface area contributed by atoms with E-state index in [1.165, 1.54) is 0 Å². The minimum absolute atomic E-state index is 0.470. The van der Waals surface area contributed by atoms with E-state index in [4.69, 9.17) is 11.5 Å². The molecule has 4 heteroatoms. The monoisotopic (exact) mass is 179 g/mol. The molecule has 0 saturated carbocycles. The molecule has 1 atom stereocenters. The standard InChI is InChI=1S/C9H13N3O/c10-5-7-1-2-12-9(3-7)4-8(11)6-13/h1-3,6,8H,4-5,10-11H2. The zero-order valence-corrected chi connectivity index (χ0v) is 7.31. The van der Waals surface area contributed by atoms with Gasteiger partial charge in [0.25, 0.3) is 0 Å². The van der Waals surface area contributed by atoms with Crippen LogP contribution in [0.15, 0.2) is 18.3 Å². The van der Waals surface area contributed by atoms with Gasteiger partial charge >= 0.3 is 0 Å². The summed E-state index contributed by atoms with van der Waals surface area (Å²) in [5, 5.41) is 0. The van der Waals surface area contributed by atoms with Gasteiger partial charge in [0.2, 0.25) is 0 Å². The van der Waals surface area contributed by atoms with Crippen LogP contribution in [0.2, 0.25) is 0 Å². The van der Waals surface area contributed by atoms with Crippen LogP contribution in [0.4, 0.5) is 0 Å². The van der Waals surface area contributed by atoms with Crippen LogP contribution in [0.25, 0.3) is 0 Å². The van der Waals surface area contributed by atoms with Crippen LogP contribution in [-0.2, 0) is 17.8 Å². The Morgan fingerprint density at radius 3 is 3.00 bits per heavy atom. The first-order valence-corrected chi connectivity index (χ1v) is 4.11. The number of carbonyl (C=O) groups excluding carboxylic acids is 1. The van der Waals surface area contributed by atoms with Gasteiger partial charge in [-0.1, -0.05) is 0 Å². The number of aldehydes is 1. The van der Waals surface area contributed by atoms with Crippen molar-refractivity contribution in [2.24, 2.45) is 11.5 Å². The molecule has 0 bridgehead atoms. The summed E-state index contributed by atoms with van der Waals surface area (Å²) >= 11 is 0. The zero-order chi connectivity index (χ0) is 9.68. The highest BCUT2D eigenvalue weighted by molar-refractivity contribution is 5.57. The van der Waals surface area contributed by atoms with Crippen LogP contribution in [-0.4, -0.2) is 17.3 Å². The molecule has 70 valence electrons. The average Bonchev–Trinajstić information content (AvgIpc) is 2.18. The van der Waals surface area contributed by atoms with Crippen molar-refractivity contribution in [3.8, 4) is 0 Å². The Hall–Kier alpha value is -1.26. The molecule has 1 aromatic rings. The van der Waals surface area contributed by atoms with Crippen LogP contribution in [0, 0.1) is 0 Å². The normalized spacial score (nSPS) is 12.5. The lowest BCUT2D eigenvalue weighted by atomic mass is 10.1. The van der Waals surface area contributed by atoms with Crippen LogP contribution in [0.1, 0.15) is 11.3 Å². The zero-order valence-electron chi connectivity index (χ0n) is 7.31. The molecule has 0 aliphatic rings. The highest BCUT2D eigenvalue weighted by Crippen LogP contribution is 2.02. The third-order valence-electron chi connectivity index (χ3n) is 1.74. The number of hydrogen-bond donors (Lipinski definition) is 2. The number of carbonyl (C=O) groups is 1. The first-order chi connectivity index (χ1) is 6.26. The van der Waals surface area contributed by atoms with E-state index in [0.717, 1.165) is 17.5 Å². The fourth-order valence-electron chi connectivity index (χ4n) is 1.06. The van der Waals surface area contributed by atoms with E-state index in [-0.39, 0.29) is 0 Å². The molecule has 1 rings (SSSR count). The van der Waals surface area contributed by atoms with Crippen molar-refractivity contribution in [2.75, 3.05) is 0 Å².